The van der Waals surface area contributed by atoms with Gasteiger partial charge < -0.3 is 4.74 Å². The smallest absolute Gasteiger partial charge is 0.251 e. The molecule has 0 bridgehead atoms. The van der Waals surface area contributed by atoms with Crippen LogP contribution < -0.4 is 4.74 Å². The number of alkyl halides is 2. The molecule has 3 rings (SSSR count). The molecular weight excluding hydrogens is 231 g/mol. The highest BCUT2D eigenvalue weighted by Crippen LogP contribution is 2.40. The molecule has 0 amide bonds. The van der Waals surface area contributed by atoms with Gasteiger partial charge in [-0.2, -0.15) is 0 Å². The van der Waals surface area contributed by atoms with Crippen molar-refractivity contribution in [3.8, 4) is 5.75 Å². The Kier molecular flexibility index (Phi) is 2.33. The molecule has 2 aliphatic heterocycles. The molecule has 2 heterocycles. The van der Waals surface area contributed by atoms with Crippen LogP contribution in [0.3, 0.4) is 0 Å². The van der Waals surface area contributed by atoms with Crippen LogP contribution in [0.4, 0.5) is 13.2 Å². The number of ether oxygens (including phenoxy) is 1. The molecule has 2 aliphatic rings. The topological polar surface area (TPSA) is 12.5 Å². The number of rotatable bonds is 2. The van der Waals surface area contributed by atoms with Crippen molar-refractivity contribution < 1.29 is 17.9 Å². The number of fused-ring (bicyclic) bond motifs is 1. The fourth-order valence-electron chi connectivity index (χ4n) is 2.66. The predicted molar refractivity (Wildman–Crippen MR) is 55.9 cm³/mol. The van der Waals surface area contributed by atoms with Crippen LogP contribution in [0.2, 0.25) is 0 Å². The molecule has 0 saturated carbocycles. The lowest BCUT2D eigenvalue weighted by Gasteiger charge is -2.46. The first-order valence-corrected chi connectivity index (χ1v) is 5.54. The number of benzene rings is 1. The summed E-state index contributed by atoms with van der Waals surface area (Å²) in [6, 6.07) is 4.46. The van der Waals surface area contributed by atoms with E-state index in [1.807, 2.05) is 0 Å². The highest BCUT2D eigenvalue weighted by molar-refractivity contribution is 5.41. The van der Waals surface area contributed by atoms with Gasteiger partial charge in [0.15, 0.2) is 0 Å². The van der Waals surface area contributed by atoms with E-state index >= 15 is 0 Å². The van der Waals surface area contributed by atoms with Crippen molar-refractivity contribution in [3.05, 3.63) is 29.6 Å². The van der Waals surface area contributed by atoms with Gasteiger partial charge in [-0.25, -0.2) is 13.2 Å². The monoisotopic (exact) mass is 243 g/mol. The fraction of sp³-hybridized carbons (Fsp3) is 0.500. The van der Waals surface area contributed by atoms with E-state index in [2.05, 4.69) is 0 Å². The van der Waals surface area contributed by atoms with E-state index in [4.69, 9.17) is 4.74 Å². The van der Waals surface area contributed by atoms with Crippen molar-refractivity contribution in [2.75, 3.05) is 19.6 Å². The Morgan fingerprint density at radius 2 is 2.12 bits per heavy atom. The zero-order valence-electron chi connectivity index (χ0n) is 9.13. The van der Waals surface area contributed by atoms with Gasteiger partial charge in [-0.3, -0.25) is 4.90 Å². The molecule has 1 spiro atoms. The highest BCUT2D eigenvalue weighted by Gasteiger charge is 2.49. The number of halogens is 3. The van der Waals surface area contributed by atoms with Gasteiger partial charge in [0.1, 0.15) is 17.2 Å². The van der Waals surface area contributed by atoms with Gasteiger partial charge in [0.2, 0.25) is 0 Å². The normalized spacial score (nSPS) is 21.4. The summed E-state index contributed by atoms with van der Waals surface area (Å²) in [5.41, 5.74) is 0.563. The first-order chi connectivity index (χ1) is 8.06. The highest BCUT2D eigenvalue weighted by atomic mass is 19.3. The average molecular weight is 243 g/mol. The second kappa shape index (κ2) is 3.63. The van der Waals surface area contributed by atoms with E-state index in [0.717, 1.165) is 5.56 Å². The maximum atomic E-state index is 13.0. The molecule has 0 radical (unpaired) electrons. The Morgan fingerprint density at radius 1 is 1.35 bits per heavy atom. The minimum Gasteiger partial charge on any atom is -0.484 e. The molecule has 2 nitrogen and oxygen atoms in total. The van der Waals surface area contributed by atoms with Crippen molar-refractivity contribution in [1.29, 1.82) is 0 Å². The Hall–Kier alpha value is -1.23. The third-order valence-corrected chi connectivity index (χ3v) is 3.29. The van der Waals surface area contributed by atoms with E-state index < -0.39 is 12.0 Å². The molecular formula is C12H12F3NO. The molecule has 17 heavy (non-hydrogen) atoms. The Bertz CT molecular complexity index is 443. The number of hydrogen-bond acceptors (Lipinski definition) is 2. The lowest BCUT2D eigenvalue weighted by atomic mass is 9.89. The van der Waals surface area contributed by atoms with Gasteiger partial charge in [0, 0.05) is 25.6 Å². The second-order valence-corrected chi connectivity index (χ2v) is 4.77. The summed E-state index contributed by atoms with van der Waals surface area (Å²) in [6.07, 6.45) is -1.63. The summed E-state index contributed by atoms with van der Waals surface area (Å²) in [4.78, 5) is 1.66. The van der Waals surface area contributed by atoms with Crippen molar-refractivity contribution in [2.45, 2.75) is 18.4 Å². The van der Waals surface area contributed by atoms with Crippen molar-refractivity contribution in [2.24, 2.45) is 0 Å². The quantitative estimate of drug-likeness (QED) is 0.788. The van der Waals surface area contributed by atoms with Gasteiger partial charge in [-0.15, -0.1) is 0 Å². The molecule has 0 N–H and O–H groups in total. The van der Waals surface area contributed by atoms with E-state index in [0.29, 0.717) is 25.3 Å². The maximum Gasteiger partial charge on any atom is 0.251 e. The van der Waals surface area contributed by atoms with Crippen molar-refractivity contribution in [3.63, 3.8) is 0 Å². The molecule has 1 aromatic carbocycles. The van der Waals surface area contributed by atoms with Crippen LogP contribution in [0.1, 0.15) is 5.56 Å². The number of hydrogen-bond donors (Lipinski definition) is 0. The van der Waals surface area contributed by atoms with E-state index in [-0.39, 0.29) is 12.4 Å². The molecule has 1 saturated heterocycles. The van der Waals surface area contributed by atoms with Crippen molar-refractivity contribution in [1.82, 2.24) is 4.90 Å². The molecule has 1 fully saturated rings. The summed E-state index contributed by atoms with van der Waals surface area (Å²) in [5, 5.41) is 0. The molecule has 1 aromatic rings. The van der Waals surface area contributed by atoms with Crippen LogP contribution in [0.5, 0.6) is 5.75 Å². The molecule has 0 aromatic heterocycles. The third kappa shape index (κ3) is 1.88. The van der Waals surface area contributed by atoms with Gasteiger partial charge >= 0.3 is 0 Å². The van der Waals surface area contributed by atoms with Crippen LogP contribution in [0.25, 0.3) is 0 Å². The molecule has 92 valence electrons. The lowest BCUT2D eigenvalue weighted by Crippen LogP contribution is -2.65. The Labute approximate surface area is 97.0 Å². The zero-order valence-corrected chi connectivity index (χ0v) is 9.13. The predicted octanol–water partition coefficient (Wildman–Crippen LogP) is 2.08. The van der Waals surface area contributed by atoms with Gasteiger partial charge in [-0.05, 0) is 11.6 Å². The first-order valence-electron chi connectivity index (χ1n) is 5.54. The summed E-state index contributed by atoms with van der Waals surface area (Å²) in [7, 11) is 0. The Morgan fingerprint density at radius 3 is 2.82 bits per heavy atom. The number of nitrogens with zero attached hydrogens (tertiary/aromatic N) is 1. The zero-order chi connectivity index (χ0) is 12.0. The van der Waals surface area contributed by atoms with E-state index in [9.17, 15) is 13.2 Å². The van der Waals surface area contributed by atoms with Crippen LogP contribution in [-0.4, -0.2) is 36.6 Å². The summed E-state index contributed by atoms with van der Waals surface area (Å²) >= 11 is 0. The fourth-order valence-corrected chi connectivity index (χ4v) is 2.66. The maximum absolute atomic E-state index is 13.0. The van der Waals surface area contributed by atoms with E-state index in [1.54, 1.807) is 11.0 Å². The summed E-state index contributed by atoms with van der Waals surface area (Å²) in [6.45, 7) is 0.775. The summed E-state index contributed by atoms with van der Waals surface area (Å²) < 4.78 is 43.0. The summed E-state index contributed by atoms with van der Waals surface area (Å²) in [5.74, 6) is 0.228. The van der Waals surface area contributed by atoms with Crippen LogP contribution in [-0.2, 0) is 6.42 Å². The van der Waals surface area contributed by atoms with Gasteiger partial charge in [0.25, 0.3) is 6.43 Å². The molecule has 5 heteroatoms. The SMILES string of the molecule is Fc1ccc2c(c1)OC1(C2)CN(CC(F)F)C1. The van der Waals surface area contributed by atoms with Crippen LogP contribution >= 0.6 is 0 Å². The standard InChI is InChI=1S/C12H12F3NO/c13-9-2-1-8-4-12(17-10(8)3-9)6-16(7-12)5-11(14)15/h1-3,11H,4-7H2. The minimum absolute atomic E-state index is 0.212. The third-order valence-electron chi connectivity index (χ3n) is 3.29. The van der Waals surface area contributed by atoms with Crippen LogP contribution in [0, 0.1) is 5.82 Å². The van der Waals surface area contributed by atoms with Gasteiger partial charge in [-0.1, -0.05) is 6.07 Å². The molecule has 0 aliphatic carbocycles. The first kappa shape index (κ1) is 10.9. The second-order valence-electron chi connectivity index (χ2n) is 4.77. The van der Waals surface area contributed by atoms with Crippen molar-refractivity contribution >= 4 is 0 Å². The Balaban J connectivity index is 1.68. The number of likely N-dealkylation sites (tertiary alicyclic amines) is 1. The van der Waals surface area contributed by atoms with E-state index in [1.165, 1.54) is 12.1 Å². The van der Waals surface area contributed by atoms with Gasteiger partial charge in [0.05, 0.1) is 6.54 Å². The minimum atomic E-state index is -2.31. The van der Waals surface area contributed by atoms with Crippen LogP contribution in [0.15, 0.2) is 18.2 Å². The average Bonchev–Trinajstić information content (AvgIpc) is 2.54. The lowest BCUT2D eigenvalue weighted by molar-refractivity contribution is -0.0812. The largest absolute Gasteiger partial charge is 0.484 e. The molecule has 0 atom stereocenters. The molecule has 0 unspecified atom stereocenters.